The molecule has 1 unspecified atom stereocenters. The first-order valence-corrected chi connectivity index (χ1v) is 9.68. The summed E-state index contributed by atoms with van der Waals surface area (Å²) in [5.41, 5.74) is 0.848. The molecule has 2 aliphatic rings. The molecule has 148 valence electrons. The predicted octanol–water partition coefficient (Wildman–Crippen LogP) is 1.72. The normalized spacial score (nSPS) is 17.8. The quantitative estimate of drug-likeness (QED) is 0.230. The van der Waals surface area contributed by atoms with E-state index in [0.717, 1.165) is 4.91 Å². The number of nitrogens with zero attached hydrogens (tertiary/aromatic N) is 2. The highest BCUT2D eigenvalue weighted by Crippen LogP contribution is 2.43. The summed E-state index contributed by atoms with van der Waals surface area (Å²) < 4.78 is 5.34. The number of nitro benzene ring substituents is 1. The zero-order valence-corrected chi connectivity index (χ0v) is 16.0. The van der Waals surface area contributed by atoms with Crippen LogP contribution in [-0.4, -0.2) is 45.9 Å². The van der Waals surface area contributed by atoms with Crippen molar-refractivity contribution in [3.8, 4) is 0 Å². The van der Waals surface area contributed by atoms with Crippen LogP contribution >= 0.6 is 11.8 Å². The molecule has 9 nitrogen and oxygen atoms in total. The van der Waals surface area contributed by atoms with Crippen LogP contribution in [0, 0.1) is 10.1 Å². The number of nitrogens with one attached hydrogen (secondary N) is 1. The third kappa shape index (κ3) is 4.33. The summed E-state index contributed by atoms with van der Waals surface area (Å²) in [5, 5.41) is 13.4. The van der Waals surface area contributed by atoms with Crippen LogP contribution in [0.2, 0.25) is 0 Å². The number of nitro groups is 1. The van der Waals surface area contributed by atoms with Crippen molar-refractivity contribution in [1.82, 2.24) is 10.2 Å². The van der Waals surface area contributed by atoms with E-state index in [2.05, 4.69) is 5.32 Å². The fraction of sp³-hybridized carbons (Fsp3) is 0.389. The number of thioether (sulfide) groups is 1. The van der Waals surface area contributed by atoms with Gasteiger partial charge in [-0.3, -0.25) is 19.7 Å². The molecule has 28 heavy (non-hydrogen) atoms. The van der Waals surface area contributed by atoms with Gasteiger partial charge in [-0.1, -0.05) is 0 Å². The summed E-state index contributed by atoms with van der Waals surface area (Å²) in [6.07, 6.45) is 1.02. The number of esters is 1. The van der Waals surface area contributed by atoms with Crippen LogP contribution in [0.4, 0.5) is 5.69 Å². The second kappa shape index (κ2) is 8.42. The molecule has 0 bridgehead atoms. The Morgan fingerprint density at radius 1 is 1.32 bits per heavy atom. The molecule has 0 aromatic heterocycles. The standard InChI is InChI=1S/C18H19N3O6S/c1-11(22)19-6-7-28-15-8-14-9-16(23)20(14)17(15)18(24)27-10-12-2-4-13(5-3-12)21(25)26/h2-5,14H,6-10H2,1H3,(H,19,22). The summed E-state index contributed by atoms with van der Waals surface area (Å²) in [5.74, 6) is -0.230. The number of amides is 2. The molecule has 1 saturated heterocycles. The van der Waals surface area contributed by atoms with Gasteiger partial charge in [-0.05, 0) is 17.7 Å². The highest BCUT2D eigenvalue weighted by atomic mass is 32.2. The summed E-state index contributed by atoms with van der Waals surface area (Å²) in [7, 11) is 0. The molecule has 1 N–H and O–H groups in total. The summed E-state index contributed by atoms with van der Waals surface area (Å²) in [6.45, 7) is 1.86. The van der Waals surface area contributed by atoms with E-state index in [9.17, 15) is 24.5 Å². The van der Waals surface area contributed by atoms with Gasteiger partial charge >= 0.3 is 5.97 Å². The van der Waals surface area contributed by atoms with E-state index in [-0.39, 0.29) is 35.8 Å². The Hall–Kier alpha value is -2.88. The molecule has 10 heteroatoms. The lowest BCUT2D eigenvalue weighted by Gasteiger charge is -2.35. The number of fused-ring (bicyclic) bond motifs is 1. The number of hydrogen-bond acceptors (Lipinski definition) is 7. The summed E-state index contributed by atoms with van der Waals surface area (Å²) in [4.78, 5) is 47.9. The molecule has 2 heterocycles. The maximum atomic E-state index is 12.6. The average Bonchev–Trinajstić information content (AvgIpc) is 2.95. The Labute approximate surface area is 165 Å². The first-order chi connectivity index (χ1) is 13.4. The molecule has 1 aromatic carbocycles. The molecule has 1 atom stereocenters. The van der Waals surface area contributed by atoms with Crippen molar-refractivity contribution in [2.75, 3.05) is 12.3 Å². The number of carbonyl (C=O) groups excluding carboxylic acids is 3. The molecule has 1 aromatic rings. The minimum absolute atomic E-state index is 0.00214. The maximum absolute atomic E-state index is 12.6. The predicted molar refractivity (Wildman–Crippen MR) is 101 cm³/mol. The third-order valence-electron chi connectivity index (χ3n) is 4.43. The van der Waals surface area contributed by atoms with Crippen molar-refractivity contribution in [1.29, 1.82) is 0 Å². The van der Waals surface area contributed by atoms with Gasteiger partial charge in [0.2, 0.25) is 11.8 Å². The van der Waals surface area contributed by atoms with E-state index in [0.29, 0.717) is 30.7 Å². The Morgan fingerprint density at radius 2 is 2.04 bits per heavy atom. The van der Waals surface area contributed by atoms with Gasteiger partial charge in [0.05, 0.1) is 11.0 Å². The number of ether oxygens (including phenoxy) is 1. The molecule has 0 spiro atoms. The van der Waals surface area contributed by atoms with Gasteiger partial charge in [-0.25, -0.2) is 4.79 Å². The van der Waals surface area contributed by atoms with Gasteiger partial charge in [-0.15, -0.1) is 11.8 Å². The SMILES string of the molecule is CC(=O)NCCSC1=C(C(=O)OCc2ccc([N+](=O)[O-])cc2)N2C(=O)CC2C1. The fourth-order valence-corrected chi connectivity index (χ4v) is 4.15. The van der Waals surface area contributed by atoms with E-state index in [1.54, 1.807) is 0 Å². The lowest BCUT2D eigenvalue weighted by atomic mass is 10.0. The molecule has 3 rings (SSSR count). The smallest absolute Gasteiger partial charge is 0.356 e. The van der Waals surface area contributed by atoms with Gasteiger partial charge in [-0.2, -0.15) is 0 Å². The maximum Gasteiger partial charge on any atom is 0.356 e. The van der Waals surface area contributed by atoms with Crippen molar-refractivity contribution >= 4 is 35.2 Å². The molecule has 2 aliphatic heterocycles. The molecule has 0 radical (unpaired) electrons. The highest BCUT2D eigenvalue weighted by molar-refractivity contribution is 8.03. The number of carbonyl (C=O) groups is 3. The van der Waals surface area contributed by atoms with E-state index in [1.807, 2.05) is 0 Å². The minimum Gasteiger partial charge on any atom is -0.456 e. The lowest BCUT2D eigenvalue weighted by molar-refractivity contribution is -0.384. The van der Waals surface area contributed by atoms with Crippen LogP contribution in [0.3, 0.4) is 0 Å². The fourth-order valence-electron chi connectivity index (χ4n) is 3.07. The van der Waals surface area contributed by atoms with Gasteiger partial charge in [0.1, 0.15) is 12.3 Å². The number of β-lactam (4-membered cyclic amide) rings is 1. The monoisotopic (exact) mass is 405 g/mol. The van der Waals surface area contributed by atoms with Crippen molar-refractivity contribution in [3.05, 3.63) is 50.5 Å². The van der Waals surface area contributed by atoms with Crippen molar-refractivity contribution in [2.24, 2.45) is 0 Å². The minimum atomic E-state index is -0.587. The van der Waals surface area contributed by atoms with Crippen LogP contribution < -0.4 is 5.32 Å². The van der Waals surface area contributed by atoms with Gasteiger partial charge < -0.3 is 15.0 Å². The second-order valence-corrected chi connectivity index (χ2v) is 7.62. The first kappa shape index (κ1) is 19.9. The molecule has 0 saturated carbocycles. The zero-order chi connectivity index (χ0) is 20.3. The Balaban J connectivity index is 1.63. The van der Waals surface area contributed by atoms with Crippen LogP contribution in [0.25, 0.3) is 0 Å². The summed E-state index contributed by atoms with van der Waals surface area (Å²) >= 11 is 1.43. The largest absolute Gasteiger partial charge is 0.456 e. The molecule has 0 aliphatic carbocycles. The van der Waals surface area contributed by atoms with Crippen LogP contribution in [0.5, 0.6) is 0 Å². The van der Waals surface area contributed by atoms with Gasteiger partial charge in [0.25, 0.3) is 5.69 Å². The first-order valence-electron chi connectivity index (χ1n) is 8.69. The van der Waals surface area contributed by atoms with Crippen molar-refractivity contribution in [2.45, 2.75) is 32.4 Å². The molecule has 2 amide bonds. The third-order valence-corrected chi connectivity index (χ3v) is 5.55. The number of rotatable bonds is 8. The summed E-state index contributed by atoms with van der Waals surface area (Å²) in [6, 6.07) is 5.73. The van der Waals surface area contributed by atoms with Crippen molar-refractivity contribution < 1.29 is 24.0 Å². The highest BCUT2D eigenvalue weighted by Gasteiger charge is 2.48. The van der Waals surface area contributed by atoms with Gasteiger partial charge in [0, 0.05) is 49.1 Å². The Bertz CT molecular complexity index is 851. The number of non-ortho nitro benzene ring substituents is 1. The van der Waals surface area contributed by atoms with E-state index < -0.39 is 10.9 Å². The Morgan fingerprint density at radius 3 is 2.64 bits per heavy atom. The van der Waals surface area contributed by atoms with Gasteiger partial charge in [0.15, 0.2) is 0 Å². The van der Waals surface area contributed by atoms with Crippen molar-refractivity contribution in [3.63, 3.8) is 0 Å². The topological polar surface area (TPSA) is 119 Å². The molecular weight excluding hydrogens is 386 g/mol. The van der Waals surface area contributed by atoms with E-state index >= 15 is 0 Å². The van der Waals surface area contributed by atoms with Crippen LogP contribution in [-0.2, 0) is 25.7 Å². The lowest BCUT2D eigenvalue weighted by Crippen LogP contribution is -2.49. The average molecular weight is 405 g/mol. The number of benzene rings is 1. The molecular formula is C18H19N3O6S. The van der Waals surface area contributed by atoms with Crippen LogP contribution in [0.1, 0.15) is 25.3 Å². The Kier molecular flexibility index (Phi) is 5.98. The molecule has 1 fully saturated rings. The van der Waals surface area contributed by atoms with E-state index in [4.69, 9.17) is 4.74 Å². The second-order valence-electron chi connectivity index (χ2n) is 6.43. The number of hydrogen-bond donors (Lipinski definition) is 1. The zero-order valence-electron chi connectivity index (χ0n) is 15.2. The van der Waals surface area contributed by atoms with Crippen LogP contribution in [0.15, 0.2) is 34.9 Å². The van der Waals surface area contributed by atoms with E-state index in [1.165, 1.54) is 47.9 Å².